The number of rotatable bonds is 4. The lowest BCUT2D eigenvalue weighted by Crippen LogP contribution is -2.00. The summed E-state index contributed by atoms with van der Waals surface area (Å²) >= 11 is 6.06. The van der Waals surface area contributed by atoms with E-state index in [4.69, 9.17) is 26.6 Å². The molecule has 0 saturated carbocycles. The first kappa shape index (κ1) is 19.1. The van der Waals surface area contributed by atoms with Crippen LogP contribution in [-0.4, -0.2) is 19.9 Å². The van der Waals surface area contributed by atoms with Crippen LogP contribution in [0.1, 0.15) is 0 Å². The average molecular weight is 421 g/mol. The van der Waals surface area contributed by atoms with Gasteiger partial charge >= 0.3 is 0 Å². The fourth-order valence-electron chi connectivity index (χ4n) is 3.29. The quantitative estimate of drug-likeness (QED) is 0.329. The molecular weight excluding hydrogens is 404 g/mol. The number of aromatic nitrogens is 4. The van der Waals surface area contributed by atoms with Crippen LogP contribution in [0.15, 0.2) is 103 Å². The van der Waals surface area contributed by atoms with Gasteiger partial charge in [-0.05, 0) is 41.5 Å². The Labute approximate surface area is 185 Å². The van der Waals surface area contributed by atoms with Crippen molar-refractivity contribution in [3.8, 4) is 45.3 Å². The molecule has 4 nitrogen and oxygen atoms in total. The maximum Gasteiger partial charge on any atom is 0.164 e. The molecule has 2 heterocycles. The summed E-state index contributed by atoms with van der Waals surface area (Å²) in [7, 11) is 0. The fourth-order valence-corrected chi connectivity index (χ4v) is 3.42. The van der Waals surface area contributed by atoms with Crippen molar-refractivity contribution in [2.24, 2.45) is 0 Å². The third-order valence-corrected chi connectivity index (χ3v) is 5.16. The van der Waals surface area contributed by atoms with Crippen molar-refractivity contribution < 1.29 is 0 Å². The molecule has 5 rings (SSSR count). The second kappa shape index (κ2) is 8.46. The van der Waals surface area contributed by atoms with Gasteiger partial charge in [-0.3, -0.25) is 4.98 Å². The highest BCUT2D eigenvalue weighted by atomic mass is 35.5. The van der Waals surface area contributed by atoms with Crippen LogP contribution in [0.5, 0.6) is 0 Å². The van der Waals surface area contributed by atoms with Crippen LogP contribution in [0, 0.1) is 0 Å². The minimum absolute atomic E-state index is 0.608. The highest BCUT2D eigenvalue weighted by molar-refractivity contribution is 6.30. The number of halogens is 1. The zero-order valence-corrected chi connectivity index (χ0v) is 17.2. The van der Waals surface area contributed by atoms with Gasteiger partial charge in [0.1, 0.15) is 0 Å². The molecule has 5 aromatic rings. The first-order valence-corrected chi connectivity index (χ1v) is 10.2. The van der Waals surface area contributed by atoms with Crippen LogP contribution >= 0.6 is 11.6 Å². The molecule has 0 bridgehead atoms. The highest BCUT2D eigenvalue weighted by Crippen LogP contribution is 2.27. The Morgan fingerprint density at radius 3 is 1.48 bits per heavy atom. The lowest BCUT2D eigenvalue weighted by molar-refractivity contribution is 1.07. The van der Waals surface area contributed by atoms with Crippen molar-refractivity contribution in [1.82, 2.24) is 19.9 Å². The molecular formula is C26H17ClN4. The van der Waals surface area contributed by atoms with Crippen molar-refractivity contribution in [3.05, 3.63) is 108 Å². The minimum Gasteiger partial charge on any atom is -0.264 e. The number of nitrogens with zero attached hydrogens (tertiary/aromatic N) is 4. The molecule has 0 radical (unpaired) electrons. The van der Waals surface area contributed by atoms with E-state index in [1.165, 1.54) is 0 Å². The summed E-state index contributed by atoms with van der Waals surface area (Å²) in [5.74, 6) is 1.86. The smallest absolute Gasteiger partial charge is 0.164 e. The van der Waals surface area contributed by atoms with Crippen LogP contribution in [0.25, 0.3) is 45.3 Å². The molecule has 2 aromatic heterocycles. The first-order chi connectivity index (χ1) is 15.3. The highest BCUT2D eigenvalue weighted by Gasteiger charge is 2.12. The maximum atomic E-state index is 6.06. The third-order valence-electron chi connectivity index (χ3n) is 4.91. The molecule has 0 fully saturated rings. The van der Waals surface area contributed by atoms with E-state index in [9.17, 15) is 0 Å². The zero-order chi connectivity index (χ0) is 21.0. The van der Waals surface area contributed by atoms with Gasteiger partial charge in [-0.1, -0.05) is 72.3 Å². The van der Waals surface area contributed by atoms with E-state index in [-0.39, 0.29) is 0 Å². The van der Waals surface area contributed by atoms with Gasteiger partial charge in [0, 0.05) is 34.1 Å². The Balaban J connectivity index is 1.60. The van der Waals surface area contributed by atoms with Gasteiger partial charge in [0.25, 0.3) is 0 Å². The molecule has 31 heavy (non-hydrogen) atoms. The van der Waals surface area contributed by atoms with E-state index in [0.29, 0.717) is 22.5 Å². The molecule has 0 unspecified atom stereocenters. The first-order valence-electron chi connectivity index (χ1n) is 9.84. The zero-order valence-electron chi connectivity index (χ0n) is 16.5. The molecule has 3 aromatic carbocycles. The van der Waals surface area contributed by atoms with Crippen LogP contribution < -0.4 is 0 Å². The van der Waals surface area contributed by atoms with Crippen molar-refractivity contribution in [1.29, 1.82) is 0 Å². The topological polar surface area (TPSA) is 51.6 Å². The van der Waals surface area contributed by atoms with Crippen LogP contribution in [0.3, 0.4) is 0 Å². The minimum atomic E-state index is 0.608. The summed E-state index contributed by atoms with van der Waals surface area (Å²) in [6.07, 6.45) is 3.62. The van der Waals surface area contributed by atoms with Crippen LogP contribution in [0.4, 0.5) is 0 Å². The number of hydrogen-bond donors (Lipinski definition) is 0. The maximum absolute atomic E-state index is 6.06. The Bertz CT molecular complexity index is 1300. The SMILES string of the molecule is Clc1ccc(-c2nc(-c3ccccc3)nc(-c3ccc(-c4cccnc4)cc3)n2)cc1. The van der Waals surface area contributed by atoms with E-state index in [1.807, 2.05) is 85.1 Å². The van der Waals surface area contributed by atoms with E-state index in [1.54, 1.807) is 6.20 Å². The van der Waals surface area contributed by atoms with Gasteiger partial charge in [0.05, 0.1) is 0 Å². The van der Waals surface area contributed by atoms with Gasteiger partial charge < -0.3 is 0 Å². The molecule has 0 N–H and O–H groups in total. The Morgan fingerprint density at radius 1 is 0.452 bits per heavy atom. The predicted molar refractivity (Wildman–Crippen MR) is 124 cm³/mol. The monoisotopic (exact) mass is 420 g/mol. The molecule has 0 spiro atoms. The lowest BCUT2D eigenvalue weighted by Gasteiger charge is -2.09. The van der Waals surface area contributed by atoms with Gasteiger partial charge in [-0.2, -0.15) is 0 Å². The molecule has 0 amide bonds. The van der Waals surface area contributed by atoms with Crippen molar-refractivity contribution in [2.75, 3.05) is 0 Å². The predicted octanol–water partition coefficient (Wildman–Crippen LogP) is 6.59. The lowest BCUT2D eigenvalue weighted by atomic mass is 10.1. The fraction of sp³-hybridized carbons (Fsp3) is 0. The largest absolute Gasteiger partial charge is 0.264 e. The molecule has 0 atom stereocenters. The summed E-state index contributed by atoms with van der Waals surface area (Å²) in [5.41, 5.74) is 4.90. The summed E-state index contributed by atoms with van der Waals surface area (Å²) < 4.78 is 0. The third kappa shape index (κ3) is 4.20. The molecule has 0 aliphatic heterocycles. The normalized spacial score (nSPS) is 10.7. The Hall–Kier alpha value is -3.89. The summed E-state index contributed by atoms with van der Waals surface area (Å²) in [6.45, 7) is 0. The van der Waals surface area contributed by atoms with E-state index in [0.717, 1.165) is 27.8 Å². The summed E-state index contributed by atoms with van der Waals surface area (Å²) in [4.78, 5) is 18.4. The van der Waals surface area contributed by atoms with Gasteiger partial charge in [0.2, 0.25) is 0 Å². The van der Waals surface area contributed by atoms with E-state index >= 15 is 0 Å². The number of pyridine rings is 1. The molecule has 5 heteroatoms. The van der Waals surface area contributed by atoms with Crippen LogP contribution in [-0.2, 0) is 0 Å². The van der Waals surface area contributed by atoms with Gasteiger partial charge in [-0.15, -0.1) is 0 Å². The van der Waals surface area contributed by atoms with E-state index in [2.05, 4.69) is 17.1 Å². The van der Waals surface area contributed by atoms with Crippen molar-refractivity contribution in [3.63, 3.8) is 0 Å². The molecule has 0 saturated heterocycles. The molecule has 0 aliphatic rings. The second-order valence-corrected chi connectivity index (χ2v) is 7.43. The second-order valence-electron chi connectivity index (χ2n) is 7.00. The summed E-state index contributed by atoms with van der Waals surface area (Å²) in [5, 5.41) is 0.673. The summed E-state index contributed by atoms with van der Waals surface area (Å²) in [6, 6.07) is 29.6. The Morgan fingerprint density at radius 2 is 0.935 bits per heavy atom. The standard InChI is InChI=1S/C26H17ClN4/c27-23-14-12-21(13-15-23)26-30-24(19-5-2-1-3-6-19)29-25(31-26)20-10-8-18(9-11-20)22-7-4-16-28-17-22/h1-17H. The van der Waals surface area contributed by atoms with Gasteiger partial charge in [0.15, 0.2) is 17.5 Å². The van der Waals surface area contributed by atoms with Gasteiger partial charge in [-0.25, -0.2) is 15.0 Å². The number of benzene rings is 3. The van der Waals surface area contributed by atoms with Crippen LogP contribution in [0.2, 0.25) is 5.02 Å². The Kier molecular flexibility index (Phi) is 5.21. The number of hydrogen-bond acceptors (Lipinski definition) is 4. The van der Waals surface area contributed by atoms with E-state index < -0.39 is 0 Å². The molecule has 148 valence electrons. The molecule has 0 aliphatic carbocycles. The average Bonchev–Trinajstić information content (AvgIpc) is 2.85. The van der Waals surface area contributed by atoms with Crippen molar-refractivity contribution >= 4 is 11.6 Å². The van der Waals surface area contributed by atoms with Crippen molar-refractivity contribution in [2.45, 2.75) is 0 Å².